The summed E-state index contributed by atoms with van der Waals surface area (Å²) in [4.78, 5) is 21.6. The Kier molecular flexibility index (Phi) is 2.32. The number of nitro benzene ring substituents is 1. The first-order chi connectivity index (χ1) is 7.11. The third-order valence-corrected chi connectivity index (χ3v) is 2.45. The Hall–Kier alpha value is -1.62. The van der Waals surface area contributed by atoms with Crippen LogP contribution < -0.4 is 4.74 Å². The van der Waals surface area contributed by atoms with Crippen molar-refractivity contribution in [1.82, 2.24) is 0 Å². The molecule has 0 radical (unpaired) electrons. The van der Waals surface area contributed by atoms with Crippen molar-refractivity contribution in [2.45, 2.75) is 6.42 Å². The van der Waals surface area contributed by atoms with Gasteiger partial charge in [0, 0.05) is 12.5 Å². The van der Waals surface area contributed by atoms with E-state index in [0.29, 0.717) is 0 Å². The Labute approximate surface area is 89.8 Å². The molecule has 78 valence electrons. The molecule has 0 atom stereocenters. The van der Waals surface area contributed by atoms with Crippen LogP contribution in [-0.4, -0.2) is 17.3 Å². The van der Waals surface area contributed by atoms with Crippen LogP contribution in [0.15, 0.2) is 12.1 Å². The number of rotatable bonds is 1. The Morgan fingerprint density at radius 1 is 1.47 bits per heavy atom. The minimum Gasteiger partial charge on any atom is -0.486 e. The van der Waals surface area contributed by atoms with Crippen molar-refractivity contribution in [2.24, 2.45) is 0 Å². The molecule has 6 heteroatoms. The number of Topliss-reactive ketones (excluding diaryl/α,β-unsaturated/α-hetero) is 1. The molecule has 1 heterocycles. The number of nitro groups is 1. The minimum atomic E-state index is -0.590. The number of halogens is 1. The summed E-state index contributed by atoms with van der Waals surface area (Å²) in [5, 5.41) is 10.9. The van der Waals surface area contributed by atoms with Gasteiger partial charge in [-0.2, -0.15) is 0 Å². The molecule has 5 nitrogen and oxygen atoms in total. The molecular weight excluding hydrogens is 222 g/mol. The molecule has 0 saturated carbocycles. The summed E-state index contributed by atoms with van der Waals surface area (Å²) in [7, 11) is 0. The van der Waals surface area contributed by atoms with Gasteiger partial charge in [-0.05, 0) is 6.07 Å². The lowest BCUT2D eigenvalue weighted by Crippen LogP contribution is -2.16. The first-order valence-electron chi connectivity index (χ1n) is 4.24. The fourth-order valence-corrected chi connectivity index (χ4v) is 1.72. The van der Waals surface area contributed by atoms with E-state index in [9.17, 15) is 14.9 Å². The lowest BCUT2D eigenvalue weighted by atomic mass is 10.0. The van der Waals surface area contributed by atoms with Gasteiger partial charge in [-0.15, -0.1) is 0 Å². The number of carbonyl (C=O) groups excluding carboxylic acids is 1. The van der Waals surface area contributed by atoms with E-state index >= 15 is 0 Å². The van der Waals surface area contributed by atoms with E-state index in [1.165, 1.54) is 12.1 Å². The number of hydrogen-bond donors (Lipinski definition) is 0. The van der Waals surface area contributed by atoms with E-state index in [2.05, 4.69) is 0 Å². The molecule has 0 bridgehead atoms. The molecule has 2 rings (SSSR count). The second-order valence-corrected chi connectivity index (χ2v) is 3.46. The molecule has 1 aromatic rings. The molecule has 0 amide bonds. The Morgan fingerprint density at radius 2 is 2.20 bits per heavy atom. The average Bonchev–Trinajstić information content (AvgIpc) is 2.17. The lowest BCUT2D eigenvalue weighted by Gasteiger charge is -2.16. The lowest BCUT2D eigenvalue weighted by molar-refractivity contribution is -0.385. The zero-order valence-electron chi connectivity index (χ0n) is 7.53. The van der Waals surface area contributed by atoms with Crippen molar-refractivity contribution in [2.75, 3.05) is 6.61 Å². The van der Waals surface area contributed by atoms with Crippen molar-refractivity contribution >= 4 is 23.1 Å². The third kappa shape index (κ3) is 1.55. The van der Waals surface area contributed by atoms with Crippen molar-refractivity contribution in [3.05, 3.63) is 32.8 Å². The Morgan fingerprint density at radius 3 is 2.87 bits per heavy atom. The molecule has 0 N–H and O–H groups in total. The summed E-state index contributed by atoms with van der Waals surface area (Å²) >= 11 is 5.79. The van der Waals surface area contributed by atoms with Crippen molar-refractivity contribution < 1.29 is 14.5 Å². The maximum absolute atomic E-state index is 11.5. The molecule has 0 fully saturated rings. The minimum absolute atomic E-state index is 0.0104. The van der Waals surface area contributed by atoms with Crippen LogP contribution in [0.2, 0.25) is 5.02 Å². The quantitative estimate of drug-likeness (QED) is 0.545. The number of carbonyl (C=O) groups is 1. The SMILES string of the molecule is O=C1CCOc2c([N+](=O)[O-])ccc(Cl)c21. The van der Waals surface area contributed by atoms with Gasteiger partial charge < -0.3 is 4.74 Å². The van der Waals surface area contributed by atoms with Crippen molar-refractivity contribution in [3.63, 3.8) is 0 Å². The van der Waals surface area contributed by atoms with Gasteiger partial charge in [0.15, 0.2) is 5.78 Å². The summed E-state index contributed by atoms with van der Waals surface area (Å²) in [6.07, 6.45) is 0.202. The molecule has 1 aromatic carbocycles. The van der Waals surface area contributed by atoms with E-state index in [0.717, 1.165) is 0 Å². The number of ether oxygens (including phenoxy) is 1. The van der Waals surface area contributed by atoms with Crippen molar-refractivity contribution in [1.29, 1.82) is 0 Å². The first-order valence-corrected chi connectivity index (χ1v) is 4.62. The van der Waals surface area contributed by atoms with Crippen LogP contribution in [0.5, 0.6) is 5.75 Å². The summed E-state index contributed by atoms with van der Waals surface area (Å²) in [6.45, 7) is 0.160. The van der Waals surface area contributed by atoms with Crippen LogP contribution >= 0.6 is 11.6 Å². The average molecular weight is 228 g/mol. The molecule has 15 heavy (non-hydrogen) atoms. The molecule has 0 unspecified atom stereocenters. The maximum Gasteiger partial charge on any atom is 0.311 e. The predicted molar refractivity (Wildman–Crippen MR) is 52.5 cm³/mol. The smallest absolute Gasteiger partial charge is 0.311 e. The monoisotopic (exact) mass is 227 g/mol. The Balaban J connectivity index is 2.69. The molecular formula is C9H6ClNO4. The summed E-state index contributed by atoms with van der Waals surface area (Å²) in [5.41, 5.74) is -0.0976. The highest BCUT2D eigenvalue weighted by molar-refractivity contribution is 6.34. The number of benzene rings is 1. The second kappa shape index (κ2) is 3.51. The number of nitrogens with zero attached hydrogens (tertiary/aromatic N) is 1. The molecule has 1 aliphatic rings. The Bertz CT molecular complexity index is 458. The standard InChI is InChI=1S/C9H6ClNO4/c10-5-1-2-6(11(13)14)9-8(5)7(12)3-4-15-9/h1-2H,3-4H2. The van der Waals surface area contributed by atoms with Gasteiger partial charge in [0.25, 0.3) is 0 Å². The second-order valence-electron chi connectivity index (χ2n) is 3.05. The number of ketones is 1. The third-order valence-electron chi connectivity index (χ3n) is 2.14. The fraction of sp³-hybridized carbons (Fsp3) is 0.222. The zero-order chi connectivity index (χ0) is 11.0. The maximum atomic E-state index is 11.5. The largest absolute Gasteiger partial charge is 0.486 e. The number of fused-ring (bicyclic) bond motifs is 1. The highest BCUT2D eigenvalue weighted by Gasteiger charge is 2.29. The van der Waals surface area contributed by atoms with Crippen LogP contribution in [0.25, 0.3) is 0 Å². The normalized spacial score (nSPS) is 14.3. The van der Waals surface area contributed by atoms with E-state index < -0.39 is 4.92 Å². The van der Waals surface area contributed by atoms with Gasteiger partial charge in [-0.1, -0.05) is 11.6 Å². The summed E-state index contributed by atoms with van der Waals surface area (Å²) < 4.78 is 5.12. The summed E-state index contributed by atoms with van der Waals surface area (Å²) in [5.74, 6) is -0.228. The molecule has 0 saturated heterocycles. The predicted octanol–water partition coefficient (Wildman–Crippen LogP) is 2.21. The van der Waals surface area contributed by atoms with Gasteiger partial charge in [0.05, 0.1) is 22.1 Å². The highest BCUT2D eigenvalue weighted by Crippen LogP contribution is 2.38. The van der Waals surface area contributed by atoms with Crippen LogP contribution in [0.3, 0.4) is 0 Å². The molecule has 0 aliphatic carbocycles. The van der Waals surface area contributed by atoms with E-state index in [1.807, 2.05) is 0 Å². The van der Waals surface area contributed by atoms with Gasteiger partial charge in [-0.3, -0.25) is 14.9 Å². The summed E-state index contributed by atoms with van der Waals surface area (Å²) in [6, 6.07) is 2.57. The topological polar surface area (TPSA) is 69.4 Å². The van der Waals surface area contributed by atoms with Crippen molar-refractivity contribution in [3.8, 4) is 5.75 Å². The van der Waals surface area contributed by atoms with Crippen LogP contribution in [0, 0.1) is 10.1 Å². The van der Waals surface area contributed by atoms with E-state index in [4.69, 9.17) is 16.3 Å². The van der Waals surface area contributed by atoms with Gasteiger partial charge in [0.1, 0.15) is 0 Å². The molecule has 0 aromatic heterocycles. The van der Waals surface area contributed by atoms with Crippen LogP contribution in [0.4, 0.5) is 5.69 Å². The number of hydrogen-bond acceptors (Lipinski definition) is 4. The van der Waals surface area contributed by atoms with Crippen LogP contribution in [0.1, 0.15) is 16.8 Å². The van der Waals surface area contributed by atoms with Crippen LogP contribution in [-0.2, 0) is 0 Å². The van der Waals surface area contributed by atoms with E-state index in [1.54, 1.807) is 0 Å². The van der Waals surface area contributed by atoms with E-state index in [-0.39, 0.29) is 40.8 Å². The fourth-order valence-electron chi connectivity index (χ4n) is 1.47. The zero-order valence-corrected chi connectivity index (χ0v) is 8.28. The first kappa shape index (κ1) is 9.92. The van der Waals surface area contributed by atoms with Gasteiger partial charge >= 0.3 is 5.69 Å². The van der Waals surface area contributed by atoms with Gasteiger partial charge in [0.2, 0.25) is 5.75 Å². The highest BCUT2D eigenvalue weighted by atomic mass is 35.5. The molecule has 1 aliphatic heterocycles. The van der Waals surface area contributed by atoms with Gasteiger partial charge in [-0.25, -0.2) is 0 Å². The molecule has 0 spiro atoms.